The summed E-state index contributed by atoms with van der Waals surface area (Å²) in [6.45, 7) is 0. The van der Waals surface area contributed by atoms with Gasteiger partial charge in [0.15, 0.2) is 0 Å². The molecule has 1 aromatic rings. The van der Waals surface area contributed by atoms with Crippen LogP contribution in [0.15, 0.2) is 24.4 Å². The van der Waals surface area contributed by atoms with Gasteiger partial charge in [0.1, 0.15) is 4.64 Å². The molecule has 1 heterocycles. The van der Waals surface area contributed by atoms with Crippen LogP contribution < -0.4 is 0 Å². The van der Waals surface area contributed by atoms with Crippen LogP contribution in [-0.4, -0.2) is 4.98 Å². The molecule has 0 unspecified atom stereocenters. The Morgan fingerprint density at radius 1 is 1.44 bits per heavy atom. The Labute approximate surface area is 66.3 Å². The number of pyridine rings is 1. The Bertz CT molecular complexity index is 195. The number of hydrogen-bond acceptors (Lipinski definition) is 2. The second-order valence-electron chi connectivity index (χ2n) is 1.23. The fraction of sp³-hybridized carbons (Fsp3) is 0. The molecule has 0 spiro atoms. The van der Waals surface area contributed by atoms with Crippen LogP contribution in [-0.2, 0) is 19.8 Å². The summed E-state index contributed by atoms with van der Waals surface area (Å²) in [5.74, 6) is 0. The van der Waals surface area contributed by atoms with Gasteiger partial charge >= 0.3 is 19.8 Å². The van der Waals surface area contributed by atoms with E-state index in [9.17, 15) is 0 Å². The van der Waals surface area contributed by atoms with E-state index < -0.39 is 0 Å². The van der Waals surface area contributed by atoms with Crippen LogP contribution >= 0.6 is 12.2 Å². The Morgan fingerprint density at radius 2 is 2.11 bits per heavy atom. The molecule has 9 heavy (non-hydrogen) atoms. The molecule has 0 saturated carbocycles. The van der Waals surface area contributed by atoms with Crippen molar-refractivity contribution in [2.75, 3.05) is 0 Å². The van der Waals surface area contributed by atoms with E-state index in [0.29, 0.717) is 0 Å². The molecule has 1 aromatic heterocycles. The van der Waals surface area contributed by atoms with Crippen molar-refractivity contribution in [2.24, 2.45) is 0 Å². The molecule has 0 aliphatic heterocycles. The fourth-order valence-corrected chi connectivity index (χ4v) is 0.523. The molecule has 0 radical (unpaired) electrons. The van der Waals surface area contributed by atoms with Crippen LogP contribution in [0.3, 0.4) is 0 Å². The number of aromatic nitrogens is 1. The average Bonchev–Trinajstić information content (AvgIpc) is 1.94. The first-order valence-electron chi connectivity index (χ1n) is 2.19. The van der Waals surface area contributed by atoms with Gasteiger partial charge in [-0.1, -0.05) is 18.3 Å². The SMILES string of the molecule is S=c1cccc[nH]1.[O]=[Mn]. The molecule has 0 saturated heterocycles. The average molecular weight is 182 g/mol. The summed E-state index contributed by atoms with van der Waals surface area (Å²) in [7, 11) is 0. The van der Waals surface area contributed by atoms with Crippen LogP contribution in [0.5, 0.6) is 0 Å². The Hall–Kier alpha value is -0.311. The summed E-state index contributed by atoms with van der Waals surface area (Å²) in [6, 6.07) is 5.64. The molecule has 0 aliphatic rings. The third kappa shape index (κ3) is 4.21. The van der Waals surface area contributed by atoms with E-state index in [0.717, 1.165) is 4.64 Å². The zero-order valence-corrected chi connectivity index (χ0v) is 6.50. The first kappa shape index (κ1) is 8.69. The van der Waals surface area contributed by atoms with E-state index in [2.05, 4.69) is 4.98 Å². The third-order valence-corrected chi connectivity index (χ3v) is 0.934. The quantitative estimate of drug-likeness (QED) is 0.488. The number of aromatic amines is 1. The van der Waals surface area contributed by atoms with Crippen LogP contribution in [0.2, 0.25) is 0 Å². The predicted octanol–water partition coefficient (Wildman–Crippen LogP) is 1.62. The van der Waals surface area contributed by atoms with Gasteiger partial charge in [-0.3, -0.25) is 0 Å². The summed E-state index contributed by atoms with van der Waals surface area (Å²) in [5.41, 5.74) is 0. The van der Waals surface area contributed by atoms with Crippen molar-refractivity contribution in [1.29, 1.82) is 0 Å². The zero-order valence-electron chi connectivity index (χ0n) is 4.50. The Morgan fingerprint density at radius 3 is 2.33 bits per heavy atom. The van der Waals surface area contributed by atoms with E-state index >= 15 is 0 Å². The molecule has 1 N–H and O–H groups in total. The van der Waals surface area contributed by atoms with Gasteiger partial charge in [-0.05, 0) is 12.1 Å². The van der Waals surface area contributed by atoms with Crippen molar-refractivity contribution in [3.05, 3.63) is 29.0 Å². The molecule has 0 atom stereocenters. The van der Waals surface area contributed by atoms with E-state index in [1.54, 1.807) is 15.9 Å². The van der Waals surface area contributed by atoms with Crippen LogP contribution in [0.25, 0.3) is 0 Å². The van der Waals surface area contributed by atoms with Crippen molar-refractivity contribution in [1.82, 2.24) is 4.98 Å². The maximum absolute atomic E-state index is 8.06. The molecule has 0 amide bonds. The van der Waals surface area contributed by atoms with Gasteiger partial charge in [0.2, 0.25) is 0 Å². The van der Waals surface area contributed by atoms with Crippen molar-refractivity contribution < 1.29 is 19.8 Å². The van der Waals surface area contributed by atoms with Gasteiger partial charge in [0, 0.05) is 6.20 Å². The summed E-state index contributed by atoms with van der Waals surface area (Å²) in [4.78, 5) is 2.85. The molecular weight excluding hydrogens is 177 g/mol. The van der Waals surface area contributed by atoms with E-state index in [1.165, 1.54) is 0 Å². The van der Waals surface area contributed by atoms with Gasteiger partial charge in [-0.2, -0.15) is 0 Å². The van der Waals surface area contributed by atoms with Crippen molar-refractivity contribution in [3.63, 3.8) is 0 Å². The first-order chi connectivity index (χ1) is 4.39. The van der Waals surface area contributed by atoms with Gasteiger partial charge in [-0.25, -0.2) is 0 Å². The zero-order chi connectivity index (χ0) is 7.11. The topological polar surface area (TPSA) is 32.9 Å². The normalized spacial score (nSPS) is 7.11. The van der Waals surface area contributed by atoms with E-state index in [1.807, 2.05) is 24.4 Å². The summed E-state index contributed by atoms with van der Waals surface area (Å²) in [6.07, 6.45) is 1.81. The molecule has 0 aliphatic carbocycles. The van der Waals surface area contributed by atoms with Crippen molar-refractivity contribution in [2.45, 2.75) is 0 Å². The minimum atomic E-state index is 0.780. The summed E-state index contributed by atoms with van der Waals surface area (Å²) in [5, 5.41) is 0. The van der Waals surface area contributed by atoms with Gasteiger partial charge in [0.05, 0.1) is 0 Å². The molecule has 4 heteroatoms. The summed E-state index contributed by atoms with van der Waals surface area (Å²) >= 11 is 6.44. The molecule has 0 bridgehead atoms. The second kappa shape index (κ2) is 5.82. The molecule has 0 aromatic carbocycles. The number of rotatable bonds is 0. The molecule has 49 valence electrons. The number of nitrogens with one attached hydrogen (secondary N) is 1. The van der Waals surface area contributed by atoms with E-state index in [-0.39, 0.29) is 0 Å². The van der Waals surface area contributed by atoms with Gasteiger partial charge in [0.25, 0.3) is 0 Å². The molecule has 0 fully saturated rings. The number of H-pyrrole nitrogens is 1. The monoisotopic (exact) mass is 182 g/mol. The second-order valence-corrected chi connectivity index (χ2v) is 1.67. The minimum absolute atomic E-state index is 0.780. The van der Waals surface area contributed by atoms with E-state index in [4.69, 9.17) is 16.1 Å². The maximum atomic E-state index is 8.06. The third-order valence-electron chi connectivity index (χ3n) is 0.681. The first-order valence-corrected chi connectivity index (χ1v) is 3.08. The molecule has 1 rings (SSSR count). The van der Waals surface area contributed by atoms with Crippen molar-refractivity contribution in [3.8, 4) is 0 Å². The number of hydrogen-bond donors (Lipinski definition) is 1. The van der Waals surface area contributed by atoms with Crippen LogP contribution in [0, 0.1) is 4.64 Å². The van der Waals surface area contributed by atoms with Crippen molar-refractivity contribution >= 4 is 12.2 Å². The standard InChI is InChI=1S/C5H5NS.Mn.O/c7-5-3-1-2-4-6-5;;/h1-4H,(H,6,7);;. The van der Waals surface area contributed by atoms with Crippen LogP contribution in [0.1, 0.15) is 0 Å². The molecule has 2 nitrogen and oxygen atoms in total. The predicted molar refractivity (Wildman–Crippen MR) is 32.3 cm³/mol. The molecular formula is C5H5MnNOS. The van der Waals surface area contributed by atoms with Crippen LogP contribution in [0.4, 0.5) is 0 Å². The van der Waals surface area contributed by atoms with Gasteiger partial charge in [-0.15, -0.1) is 0 Å². The van der Waals surface area contributed by atoms with Gasteiger partial charge < -0.3 is 4.98 Å². The Balaban J connectivity index is 0.000000291. The fourth-order valence-electron chi connectivity index (χ4n) is 0.377. The Kier molecular flexibility index (Phi) is 5.62. The summed E-state index contributed by atoms with van der Waals surface area (Å²) < 4.78 is 8.84.